The average Bonchev–Trinajstić information content (AvgIpc) is 3.18. The van der Waals surface area contributed by atoms with Crippen molar-refractivity contribution in [2.24, 2.45) is 0 Å². The van der Waals surface area contributed by atoms with Gasteiger partial charge >= 0.3 is 0 Å². The highest BCUT2D eigenvalue weighted by atomic mass is 16.3. The predicted octanol–water partition coefficient (Wildman–Crippen LogP) is 3.16. The number of furan rings is 1. The number of anilines is 1. The maximum absolute atomic E-state index is 11.9. The van der Waals surface area contributed by atoms with Crippen molar-refractivity contribution in [1.82, 2.24) is 19.5 Å². The predicted molar refractivity (Wildman–Crippen MR) is 90.7 cm³/mol. The van der Waals surface area contributed by atoms with Crippen LogP contribution in [0.15, 0.2) is 29.1 Å². The topological polar surface area (TPSA) is 85.8 Å². The van der Waals surface area contributed by atoms with Crippen molar-refractivity contribution in [2.45, 2.75) is 46.1 Å². The second kappa shape index (κ2) is 7.25. The third-order valence-corrected chi connectivity index (χ3v) is 3.71. The molecule has 0 aromatic carbocycles. The van der Waals surface area contributed by atoms with Crippen LogP contribution in [0.2, 0.25) is 0 Å². The molecule has 0 fully saturated rings. The minimum atomic E-state index is -0.0601. The van der Waals surface area contributed by atoms with E-state index in [-0.39, 0.29) is 5.91 Å². The van der Waals surface area contributed by atoms with E-state index in [1.54, 1.807) is 6.26 Å². The van der Waals surface area contributed by atoms with Crippen molar-refractivity contribution in [3.05, 3.63) is 36.3 Å². The number of aromatic nitrogens is 4. The molecule has 0 spiro atoms. The van der Waals surface area contributed by atoms with Crippen LogP contribution in [0.4, 0.5) is 5.82 Å². The molecule has 0 bridgehead atoms. The quantitative estimate of drug-likeness (QED) is 0.720. The van der Waals surface area contributed by atoms with Gasteiger partial charge in [-0.25, -0.2) is 15.0 Å². The van der Waals surface area contributed by atoms with Crippen LogP contribution >= 0.6 is 0 Å². The lowest BCUT2D eigenvalue weighted by Gasteiger charge is -2.06. The summed E-state index contributed by atoms with van der Waals surface area (Å²) in [4.78, 5) is 25.2. The van der Waals surface area contributed by atoms with Gasteiger partial charge in [-0.15, -0.1) is 0 Å². The summed E-state index contributed by atoms with van der Waals surface area (Å²) in [5.41, 5.74) is 1.33. The number of carbonyl (C=O) groups is 1. The van der Waals surface area contributed by atoms with E-state index >= 15 is 0 Å². The number of rotatable bonds is 7. The highest BCUT2D eigenvalue weighted by molar-refractivity contribution is 5.96. The first-order valence-electron chi connectivity index (χ1n) is 8.25. The van der Waals surface area contributed by atoms with Gasteiger partial charge in [-0.05, 0) is 25.0 Å². The Hall–Kier alpha value is -2.70. The number of nitrogens with zero attached hydrogens (tertiary/aromatic N) is 4. The molecule has 3 aromatic rings. The second-order valence-corrected chi connectivity index (χ2v) is 5.64. The first-order chi connectivity index (χ1) is 11.7. The summed E-state index contributed by atoms with van der Waals surface area (Å²) in [7, 11) is 0. The number of carbonyl (C=O) groups excluding carboxylic acids is 1. The monoisotopic (exact) mass is 327 g/mol. The minimum Gasteiger partial charge on any atom is -0.467 e. The van der Waals surface area contributed by atoms with Crippen molar-refractivity contribution >= 4 is 22.9 Å². The molecule has 0 radical (unpaired) electrons. The molecule has 0 unspecified atom stereocenters. The van der Waals surface area contributed by atoms with Crippen LogP contribution in [0.5, 0.6) is 0 Å². The second-order valence-electron chi connectivity index (χ2n) is 5.64. The summed E-state index contributed by atoms with van der Waals surface area (Å²) in [5.74, 6) is 2.15. The van der Waals surface area contributed by atoms with Gasteiger partial charge in [-0.3, -0.25) is 4.79 Å². The highest BCUT2D eigenvalue weighted by Gasteiger charge is 2.17. The Balaban J connectivity index is 2.02. The van der Waals surface area contributed by atoms with E-state index in [0.29, 0.717) is 29.9 Å². The van der Waals surface area contributed by atoms with Crippen LogP contribution < -0.4 is 5.32 Å². The zero-order valence-corrected chi connectivity index (χ0v) is 14.0. The van der Waals surface area contributed by atoms with Gasteiger partial charge in [0.2, 0.25) is 5.91 Å². The fourth-order valence-electron chi connectivity index (χ4n) is 2.63. The molecule has 0 aliphatic carbocycles. The van der Waals surface area contributed by atoms with E-state index < -0.39 is 0 Å². The fraction of sp³-hybridized carbons (Fsp3) is 0.412. The summed E-state index contributed by atoms with van der Waals surface area (Å²) >= 11 is 0. The Morgan fingerprint density at radius 1 is 1.29 bits per heavy atom. The van der Waals surface area contributed by atoms with Crippen molar-refractivity contribution in [1.29, 1.82) is 0 Å². The number of hydrogen-bond donors (Lipinski definition) is 1. The number of amides is 1. The smallest absolute Gasteiger partial charge is 0.225 e. The normalized spacial score (nSPS) is 11.1. The summed E-state index contributed by atoms with van der Waals surface area (Å²) in [6.07, 6.45) is 6.14. The average molecular weight is 327 g/mol. The van der Waals surface area contributed by atoms with E-state index in [0.717, 1.165) is 30.8 Å². The number of nitrogens with one attached hydrogen (secondary N) is 1. The Bertz CT molecular complexity index is 823. The van der Waals surface area contributed by atoms with Crippen LogP contribution in [0.1, 0.15) is 44.7 Å². The van der Waals surface area contributed by atoms with Gasteiger partial charge in [0, 0.05) is 12.8 Å². The zero-order chi connectivity index (χ0) is 16.9. The Labute approximate surface area is 140 Å². The Morgan fingerprint density at radius 2 is 2.17 bits per heavy atom. The van der Waals surface area contributed by atoms with Gasteiger partial charge in [0.15, 0.2) is 17.0 Å². The SMILES string of the molecule is CCCC(=O)Nc1ncnc2c1nc(CCC)n2Cc1ccco1. The van der Waals surface area contributed by atoms with Gasteiger partial charge in [0.1, 0.15) is 17.9 Å². The Kier molecular flexibility index (Phi) is 4.88. The lowest BCUT2D eigenvalue weighted by molar-refractivity contribution is -0.116. The first kappa shape index (κ1) is 16.2. The van der Waals surface area contributed by atoms with Crippen molar-refractivity contribution in [3.63, 3.8) is 0 Å². The van der Waals surface area contributed by atoms with Crippen LogP contribution in [0.25, 0.3) is 11.2 Å². The van der Waals surface area contributed by atoms with Crippen molar-refractivity contribution in [2.75, 3.05) is 5.32 Å². The maximum atomic E-state index is 11.9. The van der Waals surface area contributed by atoms with E-state index in [2.05, 4.69) is 27.2 Å². The molecule has 0 saturated heterocycles. The van der Waals surface area contributed by atoms with Gasteiger partial charge in [0.05, 0.1) is 12.8 Å². The molecular formula is C17H21N5O2. The van der Waals surface area contributed by atoms with Gasteiger partial charge in [-0.2, -0.15) is 0 Å². The molecule has 7 nitrogen and oxygen atoms in total. The molecule has 1 amide bonds. The molecule has 1 N–H and O–H groups in total. The van der Waals surface area contributed by atoms with Crippen molar-refractivity contribution < 1.29 is 9.21 Å². The number of hydrogen-bond acceptors (Lipinski definition) is 5. The van der Waals surface area contributed by atoms with E-state index in [4.69, 9.17) is 4.42 Å². The maximum Gasteiger partial charge on any atom is 0.225 e. The molecule has 0 saturated carbocycles. The lowest BCUT2D eigenvalue weighted by Crippen LogP contribution is -2.12. The van der Waals surface area contributed by atoms with Crippen LogP contribution in [-0.4, -0.2) is 25.4 Å². The summed E-state index contributed by atoms with van der Waals surface area (Å²) in [6, 6.07) is 3.78. The molecule has 3 heterocycles. The van der Waals surface area contributed by atoms with Crippen LogP contribution in [0.3, 0.4) is 0 Å². The molecular weight excluding hydrogens is 306 g/mol. The largest absolute Gasteiger partial charge is 0.467 e. The fourth-order valence-corrected chi connectivity index (χ4v) is 2.63. The van der Waals surface area contributed by atoms with E-state index in [9.17, 15) is 4.79 Å². The molecule has 0 atom stereocenters. The van der Waals surface area contributed by atoms with Gasteiger partial charge < -0.3 is 14.3 Å². The molecule has 0 aliphatic heterocycles. The molecule has 3 aromatic heterocycles. The van der Waals surface area contributed by atoms with Crippen molar-refractivity contribution in [3.8, 4) is 0 Å². The van der Waals surface area contributed by atoms with Crippen LogP contribution in [-0.2, 0) is 17.8 Å². The highest BCUT2D eigenvalue weighted by Crippen LogP contribution is 2.22. The number of fused-ring (bicyclic) bond motifs is 1. The third-order valence-electron chi connectivity index (χ3n) is 3.71. The molecule has 0 aliphatic rings. The summed E-state index contributed by atoms with van der Waals surface area (Å²) in [5, 5.41) is 2.84. The van der Waals surface area contributed by atoms with Crippen LogP contribution in [0, 0.1) is 0 Å². The van der Waals surface area contributed by atoms with Gasteiger partial charge in [-0.1, -0.05) is 13.8 Å². The summed E-state index contributed by atoms with van der Waals surface area (Å²) in [6.45, 7) is 4.62. The van der Waals surface area contributed by atoms with E-state index in [1.807, 2.05) is 23.6 Å². The molecule has 7 heteroatoms. The molecule has 24 heavy (non-hydrogen) atoms. The minimum absolute atomic E-state index is 0.0601. The summed E-state index contributed by atoms with van der Waals surface area (Å²) < 4.78 is 7.48. The number of imidazole rings is 1. The third kappa shape index (κ3) is 3.29. The molecule has 3 rings (SSSR count). The standard InChI is InChI=1S/C17H21N5O2/c1-3-6-13-20-15-16(21-14(23)7-4-2)18-11-19-17(15)22(13)10-12-8-5-9-24-12/h5,8-9,11H,3-4,6-7,10H2,1-2H3,(H,18,19,21,23). The van der Waals surface area contributed by atoms with Gasteiger partial charge in [0.25, 0.3) is 0 Å². The number of aryl methyl sites for hydroxylation is 1. The zero-order valence-electron chi connectivity index (χ0n) is 14.0. The lowest BCUT2D eigenvalue weighted by atomic mass is 10.3. The van der Waals surface area contributed by atoms with E-state index in [1.165, 1.54) is 6.33 Å². The Morgan fingerprint density at radius 3 is 2.88 bits per heavy atom. The first-order valence-corrected chi connectivity index (χ1v) is 8.25. The molecule has 126 valence electrons.